The normalized spacial score (nSPS) is 46.8. The number of nitrogens with zero attached hydrogens (tertiary/aromatic N) is 2. The number of hydrogen-bond acceptors (Lipinski definition) is 14. The maximum absolute atomic E-state index is 14.3. The predicted molar refractivity (Wildman–Crippen MR) is 216 cm³/mol. The summed E-state index contributed by atoms with van der Waals surface area (Å²) in [6.07, 6.45) is -7.50. The summed E-state index contributed by atoms with van der Waals surface area (Å²) >= 11 is 0. The monoisotopic (exact) mass is 822 g/mol. The van der Waals surface area contributed by atoms with E-state index in [1.165, 1.54) is 14.0 Å². The molecule has 15 nitrogen and oxygen atoms in total. The Hall–Kier alpha value is -2.44. The largest absolute Gasteiger partial charge is 0.459 e. The highest BCUT2D eigenvalue weighted by Crippen LogP contribution is 2.41. The smallest absolute Gasteiger partial charge is 0.311 e. The van der Waals surface area contributed by atoms with Crippen LogP contribution in [0.3, 0.4) is 0 Å². The molecule has 0 unspecified atom stereocenters. The molecule has 5 N–H and O–H groups in total. The van der Waals surface area contributed by atoms with Crippen LogP contribution in [0.1, 0.15) is 94.9 Å². The van der Waals surface area contributed by atoms with E-state index in [-0.39, 0.29) is 37.3 Å². The van der Waals surface area contributed by atoms with Gasteiger partial charge in [-0.15, -0.1) is 0 Å². The van der Waals surface area contributed by atoms with Crippen LogP contribution in [0, 0.1) is 17.8 Å². The summed E-state index contributed by atoms with van der Waals surface area (Å²) in [5.74, 6) is -2.57. The molecule has 4 saturated heterocycles. The van der Waals surface area contributed by atoms with E-state index in [0.29, 0.717) is 19.0 Å². The SMILES string of the molecule is CC[C@H]1OC(=O)[C@H](C)[C@@H](O[C@H]2C[C@@](C)(OC)[C@@H](O)[C@H](C)O2)[C@H](C)[C@@H](O[C@@H]2O[C@H](C)C[C@H]3[C@H]2O/C(=N\c2ccccc2)N3C)[C@](C)(O)C[C@@H](C)CN[C@H](C)[C@@H](O)[C@]1(C)O. The lowest BCUT2D eigenvalue weighted by atomic mass is 9.77. The quantitative estimate of drug-likeness (QED) is 0.251. The van der Waals surface area contributed by atoms with E-state index < -0.39 is 96.0 Å². The molecule has 4 fully saturated rings. The summed E-state index contributed by atoms with van der Waals surface area (Å²) in [4.78, 5) is 21.1. The fourth-order valence-corrected chi connectivity index (χ4v) is 9.41. The van der Waals surface area contributed by atoms with Crippen LogP contribution in [0.4, 0.5) is 5.69 Å². The second-order valence-electron chi connectivity index (χ2n) is 18.2. The van der Waals surface area contributed by atoms with Crippen LogP contribution >= 0.6 is 0 Å². The fraction of sp³-hybridized carbons (Fsp3) is 0.814. The van der Waals surface area contributed by atoms with Gasteiger partial charge in [-0.05, 0) is 92.3 Å². The molecule has 15 heteroatoms. The van der Waals surface area contributed by atoms with E-state index in [9.17, 15) is 25.2 Å². The van der Waals surface area contributed by atoms with Crippen molar-refractivity contribution in [1.29, 1.82) is 0 Å². The molecule has 4 aliphatic rings. The van der Waals surface area contributed by atoms with Crippen molar-refractivity contribution >= 4 is 17.7 Å². The van der Waals surface area contributed by atoms with E-state index in [2.05, 4.69) is 5.32 Å². The maximum Gasteiger partial charge on any atom is 0.311 e. The van der Waals surface area contributed by atoms with Crippen LogP contribution < -0.4 is 5.32 Å². The third-order valence-corrected chi connectivity index (χ3v) is 13.1. The number of carbonyl (C=O) groups excluding carboxylic acids is 1. The second-order valence-corrected chi connectivity index (χ2v) is 18.2. The molecule has 4 aliphatic heterocycles. The summed E-state index contributed by atoms with van der Waals surface area (Å²) in [5.41, 5.74) is -3.64. The molecule has 1 aromatic rings. The Morgan fingerprint density at radius 1 is 0.948 bits per heavy atom. The third kappa shape index (κ3) is 10.0. The van der Waals surface area contributed by atoms with Crippen molar-refractivity contribution in [2.45, 2.75) is 185 Å². The minimum Gasteiger partial charge on any atom is -0.459 e. The Morgan fingerprint density at radius 2 is 1.62 bits per heavy atom. The number of fused-ring (bicyclic) bond motifs is 1. The molecule has 0 spiro atoms. The average Bonchev–Trinajstić information content (AvgIpc) is 3.48. The predicted octanol–water partition coefficient (Wildman–Crippen LogP) is 3.65. The van der Waals surface area contributed by atoms with Crippen LogP contribution in [0.5, 0.6) is 0 Å². The van der Waals surface area contributed by atoms with Gasteiger partial charge in [0, 0.05) is 32.5 Å². The number of rotatable bonds is 7. The Labute approximate surface area is 344 Å². The van der Waals surface area contributed by atoms with Gasteiger partial charge in [-0.3, -0.25) is 4.79 Å². The van der Waals surface area contributed by atoms with Crippen LogP contribution in [0.25, 0.3) is 0 Å². The summed E-state index contributed by atoms with van der Waals surface area (Å²) in [5, 5.41) is 50.1. The lowest BCUT2D eigenvalue weighted by Gasteiger charge is -2.48. The molecule has 0 radical (unpaired) electrons. The first-order valence-corrected chi connectivity index (χ1v) is 21.1. The van der Waals surface area contributed by atoms with E-state index >= 15 is 0 Å². The third-order valence-electron chi connectivity index (χ3n) is 13.1. The van der Waals surface area contributed by atoms with Crippen molar-refractivity contribution in [2.24, 2.45) is 22.7 Å². The molecule has 5 rings (SSSR count). The van der Waals surface area contributed by atoms with Crippen molar-refractivity contribution in [1.82, 2.24) is 10.2 Å². The lowest BCUT2D eigenvalue weighted by Crippen LogP contribution is -2.60. The number of carbonyl (C=O) groups is 1. The molecule has 4 heterocycles. The van der Waals surface area contributed by atoms with Crippen molar-refractivity contribution in [3.63, 3.8) is 0 Å². The molecule has 0 amide bonds. The Kier molecular flexibility index (Phi) is 15.0. The second kappa shape index (κ2) is 18.7. The highest BCUT2D eigenvalue weighted by molar-refractivity contribution is 5.79. The Balaban J connectivity index is 1.56. The zero-order valence-corrected chi connectivity index (χ0v) is 36.5. The number of aliphatic hydroxyl groups excluding tert-OH is 2. The van der Waals surface area contributed by atoms with Crippen LogP contribution in [0.2, 0.25) is 0 Å². The number of methoxy groups -OCH3 is 1. The van der Waals surface area contributed by atoms with Gasteiger partial charge in [-0.1, -0.05) is 39.0 Å². The molecule has 330 valence electrons. The molecule has 18 atom stereocenters. The fourth-order valence-electron chi connectivity index (χ4n) is 9.41. The van der Waals surface area contributed by atoms with Crippen molar-refractivity contribution < 1.29 is 58.4 Å². The van der Waals surface area contributed by atoms with E-state index in [1.54, 1.807) is 41.5 Å². The molecule has 1 aromatic carbocycles. The minimum absolute atomic E-state index is 0.137. The lowest BCUT2D eigenvalue weighted by molar-refractivity contribution is -0.313. The van der Waals surface area contributed by atoms with Gasteiger partial charge in [-0.25, -0.2) is 0 Å². The van der Waals surface area contributed by atoms with Crippen molar-refractivity contribution in [3.05, 3.63) is 30.3 Å². The van der Waals surface area contributed by atoms with Gasteiger partial charge in [0.1, 0.15) is 23.9 Å². The number of para-hydroxylation sites is 1. The summed E-state index contributed by atoms with van der Waals surface area (Å²) in [6, 6.07) is 9.23. The summed E-state index contributed by atoms with van der Waals surface area (Å²) in [7, 11) is 3.45. The number of likely N-dealkylation sites (N-methyl/N-ethyl adjacent to an activating group) is 1. The van der Waals surface area contributed by atoms with Gasteiger partial charge in [0.15, 0.2) is 18.7 Å². The number of amidine groups is 1. The van der Waals surface area contributed by atoms with E-state index in [1.807, 2.05) is 63.1 Å². The summed E-state index contributed by atoms with van der Waals surface area (Å²) < 4.78 is 44.9. The van der Waals surface area contributed by atoms with Gasteiger partial charge in [-0.2, -0.15) is 4.99 Å². The molecule has 0 saturated carbocycles. The van der Waals surface area contributed by atoms with Gasteiger partial charge in [0.2, 0.25) is 0 Å². The topological polar surface area (TPSA) is 190 Å². The number of cyclic esters (lactones) is 1. The molecular weight excluding hydrogens is 750 g/mol. The van der Waals surface area contributed by atoms with E-state index in [0.717, 1.165) is 5.69 Å². The van der Waals surface area contributed by atoms with Gasteiger partial charge in [0.25, 0.3) is 6.02 Å². The number of nitrogens with one attached hydrogen (secondary N) is 1. The van der Waals surface area contributed by atoms with Crippen LogP contribution in [-0.2, 0) is 38.0 Å². The summed E-state index contributed by atoms with van der Waals surface area (Å²) in [6.45, 7) is 18.1. The number of benzene rings is 1. The highest BCUT2D eigenvalue weighted by atomic mass is 16.7. The molecule has 0 aliphatic carbocycles. The molecule has 0 aromatic heterocycles. The first-order valence-electron chi connectivity index (χ1n) is 21.1. The maximum atomic E-state index is 14.3. The van der Waals surface area contributed by atoms with E-state index in [4.69, 9.17) is 38.2 Å². The minimum atomic E-state index is -1.81. The van der Waals surface area contributed by atoms with Gasteiger partial charge >= 0.3 is 5.97 Å². The zero-order chi connectivity index (χ0) is 42.9. The Morgan fingerprint density at radius 3 is 2.26 bits per heavy atom. The first kappa shape index (κ1) is 46.6. The van der Waals surface area contributed by atoms with Gasteiger partial charge in [0.05, 0.1) is 53.3 Å². The standard InChI is InChI=1S/C43H71N3O12/c1-13-31-43(10,51)35(47)27(6)44-22-23(2)20-41(8,50)37(25(4)33(26(5)38(49)55-31)56-32-21-42(9,52-12)36(48)28(7)54-32)58-39-34-30(19-24(3)53-39)46(11)40(57-34)45-29-17-15-14-16-18-29/h14-18,23-28,30-37,39,44,47-48,50-51H,13,19-22H2,1-12H3/b45-40-/t23-,24-,25+,26-,27-,28+,30+,31-,32+,33+,34-,35-,36+,37-,39+,41-,42-,43-/m1/s1. The Bertz CT molecular complexity index is 1530. The van der Waals surface area contributed by atoms with Crippen molar-refractivity contribution in [2.75, 3.05) is 20.7 Å². The molecule has 58 heavy (non-hydrogen) atoms. The average molecular weight is 822 g/mol. The van der Waals surface area contributed by atoms with Crippen LogP contribution in [-0.4, -0.2) is 148 Å². The number of aliphatic imine (C=N–C) groups is 1. The van der Waals surface area contributed by atoms with Gasteiger partial charge < -0.3 is 63.8 Å². The molecule has 0 bridgehead atoms. The number of esters is 1. The van der Waals surface area contributed by atoms with Crippen LogP contribution in [0.15, 0.2) is 35.3 Å². The first-order chi connectivity index (χ1) is 27.1. The number of aliphatic hydroxyl groups is 4. The molecular formula is C43H71N3O12. The number of hydrogen-bond donors (Lipinski definition) is 5. The highest BCUT2D eigenvalue weighted by Gasteiger charge is 2.54. The van der Waals surface area contributed by atoms with Crippen molar-refractivity contribution in [3.8, 4) is 0 Å². The number of ether oxygens (including phenoxy) is 7. The zero-order valence-electron chi connectivity index (χ0n) is 36.5.